The molecule has 0 N–H and O–H groups in total. The van der Waals surface area contributed by atoms with E-state index in [9.17, 15) is 14.7 Å². The number of carboxylic acids is 1. The van der Waals surface area contributed by atoms with E-state index in [1.54, 1.807) is 18.2 Å². The van der Waals surface area contributed by atoms with Crippen LogP contribution in [-0.2, 0) is 11.2 Å². The van der Waals surface area contributed by atoms with Crippen LogP contribution in [0.1, 0.15) is 27.0 Å². The van der Waals surface area contributed by atoms with Crippen molar-refractivity contribution >= 4 is 23.4 Å². The highest BCUT2D eigenvalue weighted by Crippen LogP contribution is 2.39. The van der Waals surface area contributed by atoms with Crippen LogP contribution < -0.4 is 14.6 Å². The maximum Gasteiger partial charge on any atom is 0.231 e. The minimum Gasteiger partial charge on any atom is -0.545 e. The largest absolute Gasteiger partial charge is 0.545 e. The number of carbonyl (C=O) groups is 2. The number of ether oxygens (including phenoxy) is 2. The molecule has 5 nitrogen and oxygen atoms in total. The maximum absolute atomic E-state index is 12.3. The van der Waals surface area contributed by atoms with Crippen LogP contribution in [0, 0.1) is 0 Å². The number of carbonyl (C=O) groups excluding carboxylic acids is 2. The Morgan fingerprint density at radius 3 is 2.78 bits per heavy atom. The first-order valence-electron chi connectivity index (χ1n) is 7.12. The van der Waals surface area contributed by atoms with Crippen molar-refractivity contribution in [3.63, 3.8) is 0 Å². The smallest absolute Gasteiger partial charge is 0.231 e. The van der Waals surface area contributed by atoms with Crippen molar-refractivity contribution in [1.29, 1.82) is 0 Å². The van der Waals surface area contributed by atoms with Gasteiger partial charge in [-0.25, -0.2) is 0 Å². The minimum atomic E-state index is -1.36. The third-order valence-electron chi connectivity index (χ3n) is 4.03. The Morgan fingerprint density at radius 2 is 1.96 bits per heavy atom. The van der Waals surface area contributed by atoms with Gasteiger partial charge < -0.3 is 19.4 Å². The zero-order valence-electron chi connectivity index (χ0n) is 12.0. The lowest BCUT2D eigenvalue weighted by Gasteiger charge is -2.11. The minimum absolute atomic E-state index is 0.0304. The number of hydrogen-bond donors (Lipinski definition) is 0. The van der Waals surface area contributed by atoms with Gasteiger partial charge in [-0.05, 0) is 28.8 Å². The van der Waals surface area contributed by atoms with Gasteiger partial charge in [0.2, 0.25) is 6.79 Å². The van der Waals surface area contributed by atoms with Gasteiger partial charge in [0.05, 0.1) is 11.5 Å². The molecular weight excluding hydrogens is 296 g/mol. The Kier molecular flexibility index (Phi) is 2.94. The number of fused-ring (bicyclic) bond motifs is 2. The summed E-state index contributed by atoms with van der Waals surface area (Å²) in [5.41, 5.74) is 2.56. The fourth-order valence-corrected chi connectivity index (χ4v) is 2.99. The quantitative estimate of drug-likeness (QED) is 0.785. The fraction of sp³-hybridized carbons (Fsp3) is 0.111. The first-order valence-corrected chi connectivity index (χ1v) is 7.12. The Bertz CT molecular complexity index is 879. The van der Waals surface area contributed by atoms with E-state index in [1.807, 2.05) is 24.3 Å². The Balaban J connectivity index is 1.90. The van der Waals surface area contributed by atoms with Gasteiger partial charge in [0.25, 0.3) is 0 Å². The number of Topliss-reactive ketones (excluding diaryl/α,β-unsaturated/α-hetero) is 1. The molecule has 0 aromatic heterocycles. The van der Waals surface area contributed by atoms with Crippen LogP contribution in [0.3, 0.4) is 0 Å². The van der Waals surface area contributed by atoms with Gasteiger partial charge in [-0.2, -0.15) is 0 Å². The number of hydrogen-bond acceptors (Lipinski definition) is 5. The molecule has 0 saturated carbocycles. The van der Waals surface area contributed by atoms with Crippen molar-refractivity contribution in [2.24, 2.45) is 0 Å². The van der Waals surface area contributed by atoms with Crippen LogP contribution >= 0.6 is 0 Å². The molecule has 0 saturated heterocycles. The number of aromatic carboxylic acids is 1. The molecule has 0 amide bonds. The Hall–Kier alpha value is -3.08. The summed E-state index contributed by atoms with van der Waals surface area (Å²) in [5.74, 6) is -0.881. The average Bonchev–Trinajstić information content (AvgIpc) is 3.11. The van der Waals surface area contributed by atoms with Crippen molar-refractivity contribution in [2.45, 2.75) is 6.42 Å². The molecule has 114 valence electrons. The lowest BCUT2D eigenvalue weighted by atomic mass is 9.99. The van der Waals surface area contributed by atoms with Crippen LogP contribution in [0.5, 0.6) is 11.5 Å². The van der Waals surface area contributed by atoms with E-state index in [0.29, 0.717) is 23.3 Å². The zero-order chi connectivity index (χ0) is 16.0. The van der Waals surface area contributed by atoms with Gasteiger partial charge in [0.1, 0.15) is 0 Å². The lowest BCUT2D eigenvalue weighted by molar-refractivity contribution is -0.255. The molecule has 5 heteroatoms. The van der Waals surface area contributed by atoms with Crippen LogP contribution in [0.4, 0.5) is 0 Å². The first-order chi connectivity index (χ1) is 11.1. The van der Waals surface area contributed by atoms with E-state index in [0.717, 1.165) is 11.1 Å². The molecule has 2 aromatic carbocycles. The normalized spacial score (nSPS) is 16.7. The average molecular weight is 307 g/mol. The van der Waals surface area contributed by atoms with Crippen LogP contribution in [-0.4, -0.2) is 18.5 Å². The van der Waals surface area contributed by atoms with Crippen LogP contribution in [0.15, 0.2) is 36.4 Å². The van der Waals surface area contributed by atoms with Crippen molar-refractivity contribution < 1.29 is 24.2 Å². The second-order valence-corrected chi connectivity index (χ2v) is 5.37. The molecule has 0 radical (unpaired) electrons. The maximum atomic E-state index is 12.3. The number of ketones is 1. The van der Waals surface area contributed by atoms with Gasteiger partial charge in [0, 0.05) is 12.0 Å². The van der Waals surface area contributed by atoms with Gasteiger partial charge >= 0.3 is 0 Å². The number of allylic oxidation sites excluding steroid dienone is 1. The standard InChI is InChI=1S/C18H12O5/c19-14-8-10-3-1-2-4-12(10)13(14)7-11-5-6-15-17(23-9-22-15)16(11)18(20)21/h1-7H,8-9H2,(H,20,21)/p-1/b13-7+. The predicted octanol–water partition coefficient (Wildman–Crippen LogP) is 1.44. The molecule has 0 unspecified atom stereocenters. The van der Waals surface area contributed by atoms with E-state index in [1.165, 1.54) is 0 Å². The Morgan fingerprint density at radius 1 is 1.13 bits per heavy atom. The highest BCUT2D eigenvalue weighted by molar-refractivity contribution is 6.29. The summed E-state index contributed by atoms with van der Waals surface area (Å²) in [5, 5.41) is 11.5. The summed E-state index contributed by atoms with van der Waals surface area (Å²) in [7, 11) is 0. The van der Waals surface area contributed by atoms with Crippen molar-refractivity contribution in [1.82, 2.24) is 0 Å². The van der Waals surface area contributed by atoms with E-state index in [-0.39, 0.29) is 23.9 Å². The monoisotopic (exact) mass is 307 g/mol. The fourth-order valence-electron chi connectivity index (χ4n) is 2.99. The molecule has 1 aliphatic heterocycles. The third-order valence-corrected chi connectivity index (χ3v) is 4.03. The van der Waals surface area contributed by atoms with Crippen molar-refractivity contribution in [2.75, 3.05) is 6.79 Å². The van der Waals surface area contributed by atoms with Crippen molar-refractivity contribution in [3.8, 4) is 11.5 Å². The summed E-state index contributed by atoms with van der Waals surface area (Å²) < 4.78 is 10.4. The molecule has 4 rings (SSSR count). The van der Waals surface area contributed by atoms with Crippen molar-refractivity contribution in [3.05, 3.63) is 58.7 Å². The predicted molar refractivity (Wildman–Crippen MR) is 79.9 cm³/mol. The molecule has 2 aliphatic rings. The molecule has 0 fully saturated rings. The van der Waals surface area contributed by atoms with E-state index < -0.39 is 5.97 Å². The van der Waals surface area contributed by atoms with Crippen LogP contribution in [0.2, 0.25) is 0 Å². The second-order valence-electron chi connectivity index (χ2n) is 5.37. The molecule has 0 atom stereocenters. The molecule has 0 spiro atoms. The molecule has 1 aliphatic carbocycles. The Labute approximate surface area is 131 Å². The second kappa shape index (κ2) is 4.98. The van der Waals surface area contributed by atoms with Gasteiger partial charge in [-0.3, -0.25) is 4.79 Å². The molecule has 1 heterocycles. The number of benzene rings is 2. The number of rotatable bonds is 2. The first kappa shape index (κ1) is 13.6. The van der Waals surface area contributed by atoms with E-state index in [4.69, 9.17) is 9.47 Å². The highest BCUT2D eigenvalue weighted by Gasteiger charge is 2.26. The zero-order valence-corrected chi connectivity index (χ0v) is 12.0. The summed E-state index contributed by atoms with van der Waals surface area (Å²) >= 11 is 0. The molecule has 23 heavy (non-hydrogen) atoms. The van der Waals surface area contributed by atoms with Gasteiger partial charge in [-0.15, -0.1) is 0 Å². The van der Waals surface area contributed by atoms with Gasteiger partial charge in [-0.1, -0.05) is 30.3 Å². The third kappa shape index (κ3) is 2.09. The molecular formula is C18H11O5-. The number of carboxylic acid groups (broad SMARTS) is 1. The SMILES string of the molecule is O=C1Cc2ccccc2/C1=C\c1ccc2c(c1C(=O)[O-])OCO2. The van der Waals surface area contributed by atoms with Crippen LogP contribution in [0.25, 0.3) is 11.6 Å². The lowest BCUT2D eigenvalue weighted by Crippen LogP contribution is -2.23. The topological polar surface area (TPSA) is 75.7 Å². The summed E-state index contributed by atoms with van der Waals surface area (Å²) in [6.45, 7) is -0.0304. The van der Waals surface area contributed by atoms with E-state index >= 15 is 0 Å². The summed E-state index contributed by atoms with van der Waals surface area (Å²) in [6, 6.07) is 10.7. The van der Waals surface area contributed by atoms with E-state index in [2.05, 4.69) is 0 Å². The van der Waals surface area contributed by atoms with Gasteiger partial charge in [0.15, 0.2) is 17.3 Å². The molecule has 2 aromatic rings. The summed E-state index contributed by atoms with van der Waals surface area (Å²) in [6.07, 6.45) is 1.91. The summed E-state index contributed by atoms with van der Waals surface area (Å²) in [4.78, 5) is 23.8. The highest BCUT2D eigenvalue weighted by atomic mass is 16.7. The molecule has 0 bridgehead atoms.